The molecule has 1 amide bonds. The van der Waals surface area contributed by atoms with Crippen LogP contribution in [0.4, 0.5) is 8.78 Å². The lowest BCUT2D eigenvalue weighted by molar-refractivity contribution is 0.0951. The summed E-state index contributed by atoms with van der Waals surface area (Å²) in [6.07, 6.45) is 5.12. The number of nitrogens with one attached hydrogen (secondary N) is 1. The average molecular weight is 393 g/mol. The normalized spacial score (nSPS) is 10.8. The van der Waals surface area contributed by atoms with Crippen molar-refractivity contribution < 1.29 is 18.3 Å². The van der Waals surface area contributed by atoms with Gasteiger partial charge in [-0.2, -0.15) is 0 Å². The molecule has 0 aliphatic heterocycles. The second-order valence-corrected chi connectivity index (χ2v) is 6.40. The number of hydrogen-bond acceptors (Lipinski definition) is 3. The molecule has 2 aromatic heterocycles. The molecule has 2 aromatic carbocycles. The molecule has 29 heavy (non-hydrogen) atoms. The van der Waals surface area contributed by atoms with E-state index in [0.717, 1.165) is 0 Å². The van der Waals surface area contributed by atoms with Crippen molar-refractivity contribution >= 4 is 11.6 Å². The topological polar surface area (TPSA) is 55.6 Å². The Balaban J connectivity index is 1.45. The van der Waals surface area contributed by atoms with Crippen molar-refractivity contribution in [3.63, 3.8) is 0 Å². The maximum absolute atomic E-state index is 14.2. The lowest BCUT2D eigenvalue weighted by atomic mass is 10.2. The number of carbonyl (C=O) groups is 1. The highest BCUT2D eigenvalue weighted by Gasteiger charge is 2.13. The fraction of sp³-hybridized carbons (Fsp3) is 0.0909. The Kier molecular flexibility index (Phi) is 5.20. The van der Waals surface area contributed by atoms with Gasteiger partial charge in [0.1, 0.15) is 29.6 Å². The van der Waals surface area contributed by atoms with E-state index >= 15 is 0 Å². The molecule has 0 spiro atoms. The Morgan fingerprint density at radius 3 is 2.69 bits per heavy atom. The number of nitrogens with zero attached hydrogens (tertiary/aromatic N) is 2. The van der Waals surface area contributed by atoms with Crippen molar-refractivity contribution in [3.05, 3.63) is 102 Å². The Morgan fingerprint density at radius 1 is 1.00 bits per heavy atom. The van der Waals surface area contributed by atoms with Gasteiger partial charge in [-0.15, -0.1) is 0 Å². The first-order valence-electron chi connectivity index (χ1n) is 8.96. The van der Waals surface area contributed by atoms with Gasteiger partial charge >= 0.3 is 0 Å². The largest absolute Gasteiger partial charge is 0.489 e. The van der Waals surface area contributed by atoms with Crippen LogP contribution in [0.1, 0.15) is 21.5 Å². The van der Waals surface area contributed by atoms with E-state index in [1.807, 2.05) is 0 Å². The molecule has 0 saturated heterocycles. The molecule has 7 heteroatoms. The van der Waals surface area contributed by atoms with Crippen molar-refractivity contribution in [2.24, 2.45) is 0 Å². The molecule has 0 saturated carbocycles. The summed E-state index contributed by atoms with van der Waals surface area (Å²) >= 11 is 0. The van der Waals surface area contributed by atoms with Crippen LogP contribution in [0.25, 0.3) is 5.65 Å². The standard InChI is InChI=1S/C22H17F2N3O2/c23-19-6-2-1-4-15(19)14-29-17-7-8-20(24)16(12-17)13-26-22(28)18-5-3-10-27-11-9-25-21(18)27/h1-12H,13-14H2,(H,26,28). The third kappa shape index (κ3) is 4.08. The molecule has 0 fully saturated rings. The van der Waals surface area contributed by atoms with Crippen LogP contribution in [0.3, 0.4) is 0 Å². The molecule has 146 valence electrons. The van der Waals surface area contributed by atoms with Gasteiger partial charge in [-0.3, -0.25) is 4.79 Å². The van der Waals surface area contributed by atoms with Crippen LogP contribution in [-0.4, -0.2) is 15.3 Å². The highest BCUT2D eigenvalue weighted by molar-refractivity contribution is 5.99. The van der Waals surface area contributed by atoms with Crippen LogP contribution < -0.4 is 10.1 Å². The molecule has 1 N–H and O–H groups in total. The summed E-state index contributed by atoms with van der Waals surface area (Å²) in [5, 5.41) is 2.70. The van der Waals surface area contributed by atoms with Crippen molar-refractivity contribution in [2.45, 2.75) is 13.2 Å². The van der Waals surface area contributed by atoms with E-state index in [-0.39, 0.29) is 30.4 Å². The summed E-state index contributed by atoms with van der Waals surface area (Å²) in [6.45, 7) is -0.00465. The van der Waals surface area contributed by atoms with Crippen molar-refractivity contribution in [2.75, 3.05) is 0 Å². The van der Waals surface area contributed by atoms with Gasteiger partial charge in [0, 0.05) is 36.3 Å². The Labute approximate surface area is 165 Å². The SMILES string of the molecule is O=C(NCc1cc(OCc2ccccc2F)ccc1F)c1cccn2ccnc12. The predicted molar refractivity (Wildman–Crippen MR) is 103 cm³/mol. The number of amides is 1. The third-order valence-electron chi connectivity index (χ3n) is 4.47. The minimum atomic E-state index is -0.470. The van der Waals surface area contributed by atoms with Crippen LogP contribution in [0, 0.1) is 11.6 Å². The molecule has 4 rings (SSSR count). The maximum atomic E-state index is 14.2. The Hall–Kier alpha value is -3.74. The minimum Gasteiger partial charge on any atom is -0.489 e. The summed E-state index contributed by atoms with van der Waals surface area (Å²) in [5.41, 5.74) is 1.58. The number of fused-ring (bicyclic) bond motifs is 1. The second-order valence-electron chi connectivity index (χ2n) is 6.40. The lowest BCUT2D eigenvalue weighted by Crippen LogP contribution is -2.24. The summed E-state index contributed by atoms with van der Waals surface area (Å²) < 4.78 is 35.2. The van der Waals surface area contributed by atoms with Gasteiger partial charge in [0.25, 0.3) is 5.91 Å². The van der Waals surface area contributed by atoms with Crippen molar-refractivity contribution in [1.82, 2.24) is 14.7 Å². The zero-order valence-electron chi connectivity index (χ0n) is 15.3. The van der Waals surface area contributed by atoms with E-state index in [0.29, 0.717) is 22.5 Å². The summed E-state index contributed by atoms with van der Waals surface area (Å²) in [4.78, 5) is 16.7. The molecule has 0 atom stereocenters. The highest BCUT2D eigenvalue weighted by Crippen LogP contribution is 2.19. The van der Waals surface area contributed by atoms with E-state index in [1.54, 1.807) is 53.3 Å². The lowest BCUT2D eigenvalue weighted by Gasteiger charge is -2.11. The van der Waals surface area contributed by atoms with E-state index < -0.39 is 5.82 Å². The number of imidazole rings is 1. The number of aromatic nitrogens is 2. The van der Waals surface area contributed by atoms with Gasteiger partial charge in [-0.25, -0.2) is 13.8 Å². The number of carbonyl (C=O) groups excluding carboxylic acids is 1. The first-order valence-corrected chi connectivity index (χ1v) is 8.96. The predicted octanol–water partition coefficient (Wildman–Crippen LogP) is 4.12. The number of pyridine rings is 1. The molecule has 2 heterocycles. The van der Waals surface area contributed by atoms with Gasteiger partial charge in [0.15, 0.2) is 0 Å². The van der Waals surface area contributed by atoms with Crippen LogP contribution >= 0.6 is 0 Å². The van der Waals surface area contributed by atoms with Gasteiger partial charge in [-0.1, -0.05) is 18.2 Å². The van der Waals surface area contributed by atoms with E-state index in [9.17, 15) is 13.6 Å². The fourth-order valence-electron chi connectivity index (χ4n) is 2.95. The number of rotatable bonds is 6. The zero-order chi connectivity index (χ0) is 20.2. The molecule has 0 aliphatic rings. The molecule has 0 aliphatic carbocycles. The summed E-state index contributed by atoms with van der Waals surface area (Å²) in [7, 11) is 0. The van der Waals surface area contributed by atoms with Gasteiger partial charge in [0.05, 0.1) is 5.56 Å². The number of benzene rings is 2. The Morgan fingerprint density at radius 2 is 1.83 bits per heavy atom. The Bertz CT molecular complexity index is 1170. The fourth-order valence-corrected chi connectivity index (χ4v) is 2.95. The summed E-state index contributed by atoms with van der Waals surface area (Å²) in [6, 6.07) is 13.9. The first-order chi connectivity index (χ1) is 14.1. The van der Waals surface area contributed by atoms with Crippen LogP contribution in [0.15, 0.2) is 73.2 Å². The smallest absolute Gasteiger partial charge is 0.255 e. The molecule has 5 nitrogen and oxygen atoms in total. The number of hydrogen-bond donors (Lipinski definition) is 1. The molecular weight excluding hydrogens is 376 g/mol. The van der Waals surface area contributed by atoms with Crippen LogP contribution in [-0.2, 0) is 13.2 Å². The molecule has 0 bridgehead atoms. The van der Waals surface area contributed by atoms with E-state index in [2.05, 4.69) is 10.3 Å². The van der Waals surface area contributed by atoms with Crippen molar-refractivity contribution in [3.8, 4) is 5.75 Å². The molecule has 4 aromatic rings. The minimum absolute atomic E-state index is 0.0198. The van der Waals surface area contributed by atoms with Gasteiger partial charge in [-0.05, 0) is 36.4 Å². The quantitative estimate of drug-likeness (QED) is 0.536. The number of ether oxygens (including phenoxy) is 1. The highest BCUT2D eigenvalue weighted by atomic mass is 19.1. The first kappa shape index (κ1) is 18.6. The number of halogens is 2. The summed E-state index contributed by atoms with van der Waals surface area (Å²) in [5.74, 6) is -0.814. The van der Waals surface area contributed by atoms with Gasteiger partial charge < -0.3 is 14.5 Å². The monoisotopic (exact) mass is 393 g/mol. The third-order valence-corrected chi connectivity index (χ3v) is 4.47. The van der Waals surface area contributed by atoms with Crippen LogP contribution in [0.5, 0.6) is 5.75 Å². The van der Waals surface area contributed by atoms with Gasteiger partial charge in [0.2, 0.25) is 0 Å². The van der Waals surface area contributed by atoms with Crippen molar-refractivity contribution in [1.29, 1.82) is 0 Å². The molecule has 0 unspecified atom stereocenters. The van der Waals surface area contributed by atoms with E-state index in [1.165, 1.54) is 24.3 Å². The maximum Gasteiger partial charge on any atom is 0.255 e. The molecule has 0 radical (unpaired) electrons. The molecular formula is C22H17F2N3O2. The average Bonchev–Trinajstić information content (AvgIpc) is 3.22. The second kappa shape index (κ2) is 8.10. The van der Waals surface area contributed by atoms with E-state index in [4.69, 9.17) is 4.74 Å². The zero-order valence-corrected chi connectivity index (χ0v) is 15.3. The van der Waals surface area contributed by atoms with Crippen LogP contribution in [0.2, 0.25) is 0 Å².